The molecule has 1 aromatic carbocycles. The van der Waals surface area contributed by atoms with Crippen LogP contribution < -0.4 is 0 Å². The van der Waals surface area contributed by atoms with Gasteiger partial charge in [0.05, 0.1) is 6.42 Å². The van der Waals surface area contributed by atoms with Crippen LogP contribution in [0.15, 0.2) is 29.0 Å². The predicted octanol–water partition coefficient (Wildman–Crippen LogP) is 1.70. The Kier molecular flexibility index (Phi) is 4.32. The molecule has 2 aromatic rings. The molecule has 6 heteroatoms. The minimum atomic E-state index is 0.00545. The molecule has 0 bridgehead atoms. The summed E-state index contributed by atoms with van der Waals surface area (Å²) in [5, 5.41) is 0. The lowest BCUT2D eigenvalue weighted by molar-refractivity contribution is -0.141. The predicted molar refractivity (Wildman–Crippen MR) is 85.7 cm³/mol. The Bertz CT molecular complexity index is 715. The SMILES string of the molecule is CC(C)C(=O)N1CCN(C(=O)Cc2ccc3ncoc3c2)CC1. The van der Waals surface area contributed by atoms with E-state index in [4.69, 9.17) is 4.42 Å². The molecule has 0 spiro atoms. The minimum Gasteiger partial charge on any atom is -0.443 e. The molecule has 6 nitrogen and oxygen atoms in total. The number of hydrogen-bond donors (Lipinski definition) is 0. The lowest BCUT2D eigenvalue weighted by Gasteiger charge is -2.35. The number of amides is 2. The molecule has 23 heavy (non-hydrogen) atoms. The molecule has 1 aromatic heterocycles. The summed E-state index contributed by atoms with van der Waals surface area (Å²) < 4.78 is 5.27. The molecule has 2 heterocycles. The number of carbonyl (C=O) groups excluding carboxylic acids is 2. The van der Waals surface area contributed by atoms with Crippen LogP contribution in [0.5, 0.6) is 0 Å². The van der Waals surface area contributed by atoms with E-state index in [2.05, 4.69) is 4.98 Å². The largest absolute Gasteiger partial charge is 0.443 e. The summed E-state index contributed by atoms with van der Waals surface area (Å²) >= 11 is 0. The molecular weight excluding hydrogens is 294 g/mol. The number of oxazole rings is 1. The molecule has 0 saturated carbocycles. The maximum atomic E-state index is 12.4. The highest BCUT2D eigenvalue weighted by atomic mass is 16.3. The number of nitrogens with zero attached hydrogens (tertiary/aromatic N) is 3. The second-order valence-electron chi connectivity index (χ2n) is 6.19. The van der Waals surface area contributed by atoms with Crippen molar-refractivity contribution in [2.24, 2.45) is 5.92 Å². The second kappa shape index (κ2) is 6.40. The molecule has 1 fully saturated rings. The van der Waals surface area contributed by atoms with E-state index in [0.29, 0.717) is 38.2 Å². The van der Waals surface area contributed by atoms with Crippen LogP contribution in [0.25, 0.3) is 11.1 Å². The average molecular weight is 315 g/mol. The van der Waals surface area contributed by atoms with E-state index in [1.54, 1.807) is 0 Å². The number of piperazine rings is 1. The Morgan fingerprint density at radius 1 is 1.17 bits per heavy atom. The fraction of sp³-hybridized carbons (Fsp3) is 0.471. The van der Waals surface area contributed by atoms with Crippen LogP contribution in [0.1, 0.15) is 19.4 Å². The van der Waals surface area contributed by atoms with Crippen molar-refractivity contribution in [3.8, 4) is 0 Å². The Balaban J connectivity index is 1.58. The lowest BCUT2D eigenvalue weighted by Crippen LogP contribution is -2.51. The molecule has 0 radical (unpaired) electrons. The van der Waals surface area contributed by atoms with E-state index in [0.717, 1.165) is 11.1 Å². The van der Waals surface area contributed by atoms with Crippen LogP contribution in [0.4, 0.5) is 0 Å². The summed E-state index contributed by atoms with van der Waals surface area (Å²) in [7, 11) is 0. The molecule has 2 amide bonds. The molecule has 1 aliphatic heterocycles. The van der Waals surface area contributed by atoms with Gasteiger partial charge in [0.25, 0.3) is 0 Å². The highest BCUT2D eigenvalue weighted by Gasteiger charge is 2.25. The maximum absolute atomic E-state index is 12.4. The van der Waals surface area contributed by atoms with Crippen LogP contribution >= 0.6 is 0 Å². The van der Waals surface area contributed by atoms with Gasteiger partial charge in [-0.25, -0.2) is 4.98 Å². The van der Waals surface area contributed by atoms with Gasteiger partial charge in [0.15, 0.2) is 12.0 Å². The molecular formula is C17H21N3O3. The Morgan fingerprint density at radius 2 is 1.87 bits per heavy atom. The summed E-state index contributed by atoms with van der Waals surface area (Å²) in [5.74, 6) is 0.249. The van der Waals surface area contributed by atoms with Crippen LogP contribution in [0, 0.1) is 5.92 Å². The van der Waals surface area contributed by atoms with Crippen molar-refractivity contribution in [3.05, 3.63) is 30.2 Å². The zero-order chi connectivity index (χ0) is 16.4. The van der Waals surface area contributed by atoms with Gasteiger partial charge in [-0.05, 0) is 17.7 Å². The van der Waals surface area contributed by atoms with Gasteiger partial charge in [0, 0.05) is 32.1 Å². The third-order valence-corrected chi connectivity index (χ3v) is 4.19. The fourth-order valence-electron chi connectivity index (χ4n) is 2.84. The molecule has 122 valence electrons. The number of fused-ring (bicyclic) bond motifs is 1. The summed E-state index contributed by atoms with van der Waals surface area (Å²) in [4.78, 5) is 32.1. The van der Waals surface area contributed by atoms with Crippen molar-refractivity contribution < 1.29 is 14.0 Å². The van der Waals surface area contributed by atoms with Crippen LogP contribution in [0.2, 0.25) is 0 Å². The standard InChI is InChI=1S/C17H21N3O3/c1-12(2)17(22)20-7-5-19(6-8-20)16(21)10-13-3-4-14-15(9-13)23-11-18-14/h3-4,9,11-12H,5-8,10H2,1-2H3. The van der Waals surface area contributed by atoms with E-state index < -0.39 is 0 Å². The third-order valence-electron chi connectivity index (χ3n) is 4.19. The lowest BCUT2D eigenvalue weighted by atomic mass is 10.1. The van der Waals surface area contributed by atoms with E-state index in [1.165, 1.54) is 6.39 Å². The van der Waals surface area contributed by atoms with Gasteiger partial charge in [0.1, 0.15) is 5.52 Å². The summed E-state index contributed by atoms with van der Waals surface area (Å²) in [6, 6.07) is 5.63. The maximum Gasteiger partial charge on any atom is 0.227 e. The highest BCUT2D eigenvalue weighted by Crippen LogP contribution is 2.16. The quantitative estimate of drug-likeness (QED) is 0.864. The van der Waals surface area contributed by atoms with Crippen LogP contribution in [0.3, 0.4) is 0 Å². The average Bonchev–Trinajstić information content (AvgIpc) is 3.01. The van der Waals surface area contributed by atoms with Crippen molar-refractivity contribution >= 4 is 22.9 Å². The van der Waals surface area contributed by atoms with Crippen LogP contribution in [-0.2, 0) is 16.0 Å². The number of hydrogen-bond acceptors (Lipinski definition) is 4. The highest BCUT2D eigenvalue weighted by molar-refractivity contribution is 5.82. The van der Waals surface area contributed by atoms with Gasteiger partial charge in [-0.3, -0.25) is 9.59 Å². The van der Waals surface area contributed by atoms with E-state index in [9.17, 15) is 9.59 Å². The first-order valence-corrected chi connectivity index (χ1v) is 7.93. The minimum absolute atomic E-state index is 0.00545. The first kappa shape index (κ1) is 15.5. The summed E-state index contributed by atoms with van der Waals surface area (Å²) in [6.45, 7) is 6.23. The van der Waals surface area contributed by atoms with Gasteiger partial charge >= 0.3 is 0 Å². The van der Waals surface area contributed by atoms with Gasteiger partial charge in [0.2, 0.25) is 11.8 Å². The second-order valence-corrected chi connectivity index (χ2v) is 6.19. The first-order valence-electron chi connectivity index (χ1n) is 7.93. The normalized spacial score (nSPS) is 15.4. The Morgan fingerprint density at radius 3 is 2.57 bits per heavy atom. The van der Waals surface area contributed by atoms with Crippen molar-refractivity contribution in [1.29, 1.82) is 0 Å². The van der Waals surface area contributed by atoms with Crippen molar-refractivity contribution in [3.63, 3.8) is 0 Å². The van der Waals surface area contributed by atoms with Crippen molar-refractivity contribution in [1.82, 2.24) is 14.8 Å². The van der Waals surface area contributed by atoms with Gasteiger partial charge in [-0.1, -0.05) is 19.9 Å². The fourth-order valence-corrected chi connectivity index (χ4v) is 2.84. The van der Waals surface area contributed by atoms with Gasteiger partial charge in [-0.15, -0.1) is 0 Å². The first-order chi connectivity index (χ1) is 11.0. The molecule has 0 unspecified atom stereocenters. The zero-order valence-electron chi connectivity index (χ0n) is 13.5. The molecule has 3 rings (SSSR count). The number of carbonyl (C=O) groups is 2. The molecule has 0 N–H and O–H groups in total. The molecule has 0 aliphatic carbocycles. The monoisotopic (exact) mass is 315 g/mol. The van der Waals surface area contributed by atoms with Crippen molar-refractivity contribution in [2.45, 2.75) is 20.3 Å². The Labute approximate surface area is 135 Å². The molecule has 1 aliphatic rings. The molecule has 1 saturated heterocycles. The molecule has 0 atom stereocenters. The topological polar surface area (TPSA) is 66.7 Å². The van der Waals surface area contributed by atoms with Gasteiger partial charge < -0.3 is 14.2 Å². The van der Waals surface area contributed by atoms with E-state index in [-0.39, 0.29) is 17.7 Å². The summed E-state index contributed by atoms with van der Waals surface area (Å²) in [6.07, 6.45) is 1.75. The van der Waals surface area contributed by atoms with Crippen LogP contribution in [-0.4, -0.2) is 52.8 Å². The third kappa shape index (κ3) is 3.36. The van der Waals surface area contributed by atoms with E-state index in [1.807, 2.05) is 41.8 Å². The Hall–Kier alpha value is -2.37. The van der Waals surface area contributed by atoms with Crippen molar-refractivity contribution in [2.75, 3.05) is 26.2 Å². The van der Waals surface area contributed by atoms with Gasteiger partial charge in [-0.2, -0.15) is 0 Å². The summed E-state index contributed by atoms with van der Waals surface area (Å²) in [5.41, 5.74) is 2.41. The smallest absolute Gasteiger partial charge is 0.227 e. The number of rotatable bonds is 3. The number of aromatic nitrogens is 1. The zero-order valence-corrected chi connectivity index (χ0v) is 13.5. The number of benzene rings is 1. The van der Waals surface area contributed by atoms with E-state index >= 15 is 0 Å².